The zero-order chi connectivity index (χ0) is 18.5. The fourth-order valence-corrected chi connectivity index (χ4v) is 2.91. The summed E-state index contributed by atoms with van der Waals surface area (Å²) in [5.74, 6) is -1.24. The number of ether oxygens (including phenoxy) is 1. The number of anilines is 1. The Labute approximate surface area is 151 Å². The van der Waals surface area contributed by atoms with Gasteiger partial charge in [-0.05, 0) is 6.07 Å². The summed E-state index contributed by atoms with van der Waals surface area (Å²) < 4.78 is 18.6. The first-order valence-corrected chi connectivity index (χ1v) is 8.28. The number of benzene rings is 2. The molecule has 3 aromatic rings. The molecule has 3 rings (SSSR count). The lowest BCUT2D eigenvalue weighted by atomic mass is 10.2. The van der Waals surface area contributed by atoms with Crippen molar-refractivity contribution in [2.45, 2.75) is 0 Å². The minimum atomic E-state index is -0.830. The van der Waals surface area contributed by atoms with Crippen molar-refractivity contribution in [1.29, 1.82) is 0 Å². The summed E-state index contributed by atoms with van der Waals surface area (Å²) in [6.07, 6.45) is 1.28. The number of nitro benzene ring substituents is 1. The van der Waals surface area contributed by atoms with Gasteiger partial charge >= 0.3 is 5.69 Å². The topological polar surface area (TPSA) is 89.7 Å². The normalized spacial score (nSPS) is 10.8. The number of nitrogens with zero attached hydrogens (tertiary/aromatic N) is 3. The molecule has 0 aliphatic heterocycles. The summed E-state index contributed by atoms with van der Waals surface area (Å²) in [6.45, 7) is 0. The maximum atomic E-state index is 13.9. The van der Waals surface area contributed by atoms with Crippen LogP contribution in [0.15, 0.2) is 52.9 Å². The van der Waals surface area contributed by atoms with Crippen LogP contribution in [0.5, 0.6) is 5.75 Å². The Morgan fingerprint density at radius 2 is 2.12 bits per heavy atom. The smallest absolute Gasteiger partial charge is 0.314 e. The van der Waals surface area contributed by atoms with Gasteiger partial charge in [-0.2, -0.15) is 5.10 Å². The molecule has 0 unspecified atom stereocenters. The first-order valence-electron chi connectivity index (χ1n) is 7.40. The number of nitro groups is 1. The van der Waals surface area contributed by atoms with E-state index in [1.54, 1.807) is 0 Å². The van der Waals surface area contributed by atoms with Crippen molar-refractivity contribution in [3.05, 3.63) is 69.3 Å². The van der Waals surface area contributed by atoms with E-state index in [1.807, 2.05) is 35.7 Å². The van der Waals surface area contributed by atoms with E-state index in [1.165, 1.54) is 30.7 Å². The minimum Gasteiger partial charge on any atom is -0.488 e. The fraction of sp³-hybridized carbons (Fsp3) is 0.0588. The van der Waals surface area contributed by atoms with E-state index in [4.69, 9.17) is 4.74 Å². The lowest BCUT2D eigenvalue weighted by molar-refractivity contribution is -0.386. The van der Waals surface area contributed by atoms with Crippen molar-refractivity contribution in [1.82, 2.24) is 4.98 Å². The first-order chi connectivity index (χ1) is 12.6. The van der Waals surface area contributed by atoms with Crippen LogP contribution in [0.3, 0.4) is 0 Å². The van der Waals surface area contributed by atoms with Crippen LogP contribution in [0.2, 0.25) is 0 Å². The largest absolute Gasteiger partial charge is 0.488 e. The third kappa shape index (κ3) is 3.83. The van der Waals surface area contributed by atoms with E-state index in [9.17, 15) is 14.5 Å². The predicted molar refractivity (Wildman–Crippen MR) is 98.4 cm³/mol. The number of methoxy groups -OCH3 is 1. The van der Waals surface area contributed by atoms with Crippen molar-refractivity contribution in [2.75, 3.05) is 12.5 Å². The molecule has 26 heavy (non-hydrogen) atoms. The molecule has 0 saturated heterocycles. The predicted octanol–water partition coefficient (Wildman–Crippen LogP) is 4.31. The maximum absolute atomic E-state index is 13.9. The van der Waals surface area contributed by atoms with Gasteiger partial charge < -0.3 is 4.74 Å². The number of hydrogen-bond donors (Lipinski definition) is 1. The van der Waals surface area contributed by atoms with Crippen molar-refractivity contribution in [3.8, 4) is 17.0 Å². The summed E-state index contributed by atoms with van der Waals surface area (Å²) in [7, 11) is 1.17. The van der Waals surface area contributed by atoms with Gasteiger partial charge in [0.15, 0.2) is 5.82 Å². The van der Waals surface area contributed by atoms with Crippen LogP contribution >= 0.6 is 11.3 Å². The highest BCUT2D eigenvalue weighted by molar-refractivity contribution is 7.14. The molecule has 7 nitrogen and oxygen atoms in total. The lowest BCUT2D eigenvalue weighted by Crippen LogP contribution is -1.99. The van der Waals surface area contributed by atoms with E-state index in [-0.39, 0.29) is 5.56 Å². The third-order valence-electron chi connectivity index (χ3n) is 3.39. The van der Waals surface area contributed by atoms with E-state index in [0.717, 1.165) is 17.3 Å². The molecule has 0 saturated carbocycles. The monoisotopic (exact) mass is 372 g/mol. The second-order valence-corrected chi connectivity index (χ2v) is 5.94. The van der Waals surface area contributed by atoms with Gasteiger partial charge in [0.1, 0.15) is 0 Å². The van der Waals surface area contributed by atoms with Gasteiger partial charge in [-0.3, -0.25) is 15.5 Å². The zero-order valence-electron chi connectivity index (χ0n) is 13.5. The Bertz CT molecular complexity index is 960. The molecular formula is C17H13FN4O3S. The van der Waals surface area contributed by atoms with Crippen LogP contribution in [0.1, 0.15) is 5.56 Å². The Hall–Kier alpha value is -3.33. The third-order valence-corrected chi connectivity index (χ3v) is 4.14. The number of aromatic nitrogens is 1. The van der Waals surface area contributed by atoms with Gasteiger partial charge in [-0.15, -0.1) is 11.3 Å². The van der Waals surface area contributed by atoms with E-state index >= 15 is 0 Å². The summed E-state index contributed by atoms with van der Waals surface area (Å²) in [4.78, 5) is 14.7. The molecular weight excluding hydrogens is 359 g/mol. The standard InChI is InChI=1S/C17H13FN4O3S/c1-25-16-13(18)7-11(8-15(16)22(23)24)9-19-21-17-20-14(10-26-17)12-5-3-2-4-6-12/h2-10H,1H3,(H,20,21). The van der Waals surface area contributed by atoms with Crippen molar-refractivity contribution in [2.24, 2.45) is 5.10 Å². The fourth-order valence-electron chi connectivity index (χ4n) is 2.24. The zero-order valence-corrected chi connectivity index (χ0v) is 14.4. The van der Waals surface area contributed by atoms with Gasteiger partial charge in [0.25, 0.3) is 0 Å². The average molecular weight is 372 g/mol. The van der Waals surface area contributed by atoms with Gasteiger partial charge in [0, 0.05) is 22.6 Å². The van der Waals surface area contributed by atoms with E-state index in [2.05, 4.69) is 15.5 Å². The molecule has 9 heteroatoms. The molecule has 0 aliphatic carbocycles. The molecule has 0 atom stereocenters. The number of hydrazone groups is 1. The molecule has 1 heterocycles. The number of rotatable bonds is 6. The molecule has 0 aliphatic rings. The van der Waals surface area contributed by atoms with Crippen molar-refractivity contribution < 1.29 is 14.1 Å². The van der Waals surface area contributed by atoms with Crippen LogP contribution in [0.4, 0.5) is 15.2 Å². The van der Waals surface area contributed by atoms with Gasteiger partial charge in [0.2, 0.25) is 10.9 Å². The van der Waals surface area contributed by atoms with Crippen LogP contribution in [0, 0.1) is 15.9 Å². The van der Waals surface area contributed by atoms with Crippen LogP contribution in [-0.2, 0) is 0 Å². The lowest BCUT2D eigenvalue weighted by Gasteiger charge is -2.04. The average Bonchev–Trinajstić information content (AvgIpc) is 3.11. The van der Waals surface area contributed by atoms with Crippen LogP contribution in [-0.4, -0.2) is 23.2 Å². The van der Waals surface area contributed by atoms with Crippen LogP contribution < -0.4 is 10.2 Å². The van der Waals surface area contributed by atoms with Gasteiger partial charge in [-0.1, -0.05) is 30.3 Å². The van der Waals surface area contributed by atoms with Crippen LogP contribution in [0.25, 0.3) is 11.3 Å². The SMILES string of the molecule is COc1c(F)cc(C=NNc2nc(-c3ccccc3)cs2)cc1[N+](=O)[O-]. The molecule has 1 N–H and O–H groups in total. The highest BCUT2D eigenvalue weighted by Gasteiger charge is 2.20. The molecule has 0 amide bonds. The second kappa shape index (κ2) is 7.70. The number of thiazole rings is 1. The molecule has 132 valence electrons. The highest BCUT2D eigenvalue weighted by Crippen LogP contribution is 2.30. The molecule has 1 aromatic heterocycles. The quantitative estimate of drug-likeness (QED) is 0.396. The maximum Gasteiger partial charge on any atom is 0.314 e. The first kappa shape index (κ1) is 17.5. The molecule has 0 fully saturated rings. The summed E-state index contributed by atoms with van der Waals surface area (Å²) >= 11 is 1.36. The van der Waals surface area contributed by atoms with Crippen molar-refractivity contribution in [3.63, 3.8) is 0 Å². The summed E-state index contributed by atoms with van der Waals surface area (Å²) in [5, 5.41) is 17.4. The highest BCUT2D eigenvalue weighted by atomic mass is 32.1. The molecule has 0 bridgehead atoms. The number of nitrogens with one attached hydrogen (secondary N) is 1. The van der Waals surface area contributed by atoms with Crippen molar-refractivity contribution >= 4 is 28.4 Å². The Kier molecular flexibility index (Phi) is 5.18. The Morgan fingerprint density at radius 3 is 2.81 bits per heavy atom. The molecule has 0 radical (unpaired) electrons. The Balaban J connectivity index is 1.75. The molecule has 0 spiro atoms. The van der Waals surface area contributed by atoms with Gasteiger partial charge in [0.05, 0.1) is 23.9 Å². The second-order valence-electron chi connectivity index (χ2n) is 5.09. The molecule has 2 aromatic carbocycles. The summed E-state index contributed by atoms with van der Waals surface area (Å²) in [5.41, 5.74) is 4.28. The van der Waals surface area contributed by atoms with E-state index < -0.39 is 22.2 Å². The van der Waals surface area contributed by atoms with E-state index in [0.29, 0.717) is 5.13 Å². The number of hydrogen-bond acceptors (Lipinski definition) is 7. The summed E-state index contributed by atoms with van der Waals surface area (Å²) in [6, 6.07) is 11.9. The van der Waals surface area contributed by atoms with Gasteiger partial charge in [-0.25, -0.2) is 9.37 Å². The Morgan fingerprint density at radius 1 is 1.35 bits per heavy atom. The minimum absolute atomic E-state index is 0.224. The number of halogens is 1.